The first-order chi connectivity index (χ1) is 12.9. The van der Waals surface area contributed by atoms with Gasteiger partial charge in [-0.05, 0) is 37.5 Å². The molecule has 156 valence electrons. The number of amides is 2. The van der Waals surface area contributed by atoms with Gasteiger partial charge in [-0.15, -0.1) is 12.4 Å². The number of sulfonamides is 1. The van der Waals surface area contributed by atoms with Crippen molar-refractivity contribution in [3.8, 4) is 0 Å². The predicted molar refractivity (Wildman–Crippen MR) is 110 cm³/mol. The lowest BCUT2D eigenvalue weighted by Gasteiger charge is -2.32. The Balaban J connectivity index is 0.00000280. The minimum absolute atomic E-state index is 0. The van der Waals surface area contributed by atoms with E-state index in [2.05, 4.69) is 5.32 Å². The molecule has 28 heavy (non-hydrogen) atoms. The molecule has 8 nitrogen and oxygen atoms in total. The zero-order valence-electron chi connectivity index (χ0n) is 15.7. The number of piperidine rings is 1. The highest BCUT2D eigenvalue weighted by atomic mass is 35.5. The maximum Gasteiger partial charge on any atom is 0.253 e. The molecule has 10 heteroatoms. The minimum atomic E-state index is -3.29. The standard InChI is InChI=1S/C18H26N4O4S.ClH/c19-7-8-20-17(23)15-5-2-9-21(13-15)18(24)14-4-1-6-16(12-14)22-10-3-11-27(22,25)26;/h1,4,6,12,15H,2-3,5,7-11,13,19H2,(H,20,23);1H. The third kappa shape index (κ3) is 4.95. The molecule has 1 atom stereocenters. The second-order valence-electron chi connectivity index (χ2n) is 6.96. The van der Waals surface area contributed by atoms with Gasteiger partial charge in [-0.1, -0.05) is 6.07 Å². The number of carbonyl (C=O) groups is 2. The van der Waals surface area contributed by atoms with Crippen LogP contribution in [0.5, 0.6) is 0 Å². The van der Waals surface area contributed by atoms with Crippen molar-refractivity contribution in [3.05, 3.63) is 29.8 Å². The Kier molecular flexibility index (Phi) is 7.68. The topological polar surface area (TPSA) is 113 Å². The molecule has 2 aliphatic rings. The Morgan fingerprint density at radius 1 is 1.21 bits per heavy atom. The number of nitrogens with two attached hydrogens (primary N) is 1. The molecule has 3 rings (SSSR count). The average Bonchev–Trinajstić information content (AvgIpc) is 3.04. The number of carbonyl (C=O) groups excluding carboxylic acids is 2. The van der Waals surface area contributed by atoms with Crippen LogP contribution in [0.15, 0.2) is 24.3 Å². The van der Waals surface area contributed by atoms with Crippen molar-refractivity contribution in [1.29, 1.82) is 0 Å². The SMILES string of the molecule is Cl.NCCNC(=O)C1CCCN(C(=O)c2cccc(N3CCCS3(=O)=O)c2)C1. The summed E-state index contributed by atoms with van der Waals surface area (Å²) in [6, 6.07) is 6.72. The zero-order chi connectivity index (χ0) is 19.4. The Labute approximate surface area is 171 Å². The van der Waals surface area contributed by atoms with Crippen LogP contribution in [0.3, 0.4) is 0 Å². The van der Waals surface area contributed by atoms with E-state index in [4.69, 9.17) is 5.73 Å². The summed E-state index contributed by atoms with van der Waals surface area (Å²) >= 11 is 0. The minimum Gasteiger partial charge on any atom is -0.355 e. The normalized spacial score (nSPS) is 21.1. The highest BCUT2D eigenvalue weighted by Gasteiger charge is 2.31. The van der Waals surface area contributed by atoms with Gasteiger partial charge in [0.25, 0.3) is 5.91 Å². The third-order valence-electron chi connectivity index (χ3n) is 5.00. The third-order valence-corrected chi connectivity index (χ3v) is 6.87. The number of hydrogen-bond donors (Lipinski definition) is 2. The van der Waals surface area contributed by atoms with Crippen LogP contribution in [-0.2, 0) is 14.8 Å². The summed E-state index contributed by atoms with van der Waals surface area (Å²) in [5.74, 6) is -0.354. The molecule has 2 saturated heterocycles. The number of anilines is 1. The molecule has 2 heterocycles. The molecule has 0 saturated carbocycles. The van der Waals surface area contributed by atoms with Crippen molar-refractivity contribution in [2.24, 2.45) is 11.7 Å². The molecule has 0 spiro atoms. The van der Waals surface area contributed by atoms with Gasteiger partial charge in [0.05, 0.1) is 17.4 Å². The Bertz CT molecular complexity index is 818. The maximum absolute atomic E-state index is 12.9. The first kappa shape index (κ1) is 22.4. The molecule has 2 aliphatic heterocycles. The van der Waals surface area contributed by atoms with Gasteiger partial charge in [0.1, 0.15) is 0 Å². The second kappa shape index (κ2) is 9.58. The van der Waals surface area contributed by atoms with E-state index in [0.29, 0.717) is 50.4 Å². The molecule has 0 radical (unpaired) electrons. The first-order valence-corrected chi connectivity index (χ1v) is 10.9. The smallest absolute Gasteiger partial charge is 0.253 e. The largest absolute Gasteiger partial charge is 0.355 e. The van der Waals surface area contributed by atoms with Crippen LogP contribution in [0.25, 0.3) is 0 Å². The van der Waals surface area contributed by atoms with E-state index in [0.717, 1.165) is 12.8 Å². The number of benzene rings is 1. The lowest BCUT2D eigenvalue weighted by molar-refractivity contribution is -0.126. The molecule has 2 amide bonds. The molecular formula is C18H27ClN4O4S. The quantitative estimate of drug-likeness (QED) is 0.709. The fourth-order valence-electron chi connectivity index (χ4n) is 3.62. The summed E-state index contributed by atoms with van der Waals surface area (Å²) in [7, 11) is -3.29. The van der Waals surface area contributed by atoms with Crippen LogP contribution in [0.2, 0.25) is 0 Å². The van der Waals surface area contributed by atoms with Gasteiger partial charge in [0, 0.05) is 38.3 Å². The number of hydrogen-bond acceptors (Lipinski definition) is 5. The summed E-state index contributed by atoms with van der Waals surface area (Å²) in [5, 5.41) is 2.78. The monoisotopic (exact) mass is 430 g/mol. The Morgan fingerprint density at radius 3 is 2.68 bits per heavy atom. The molecule has 3 N–H and O–H groups in total. The summed E-state index contributed by atoms with van der Waals surface area (Å²) < 4.78 is 25.6. The second-order valence-corrected chi connectivity index (χ2v) is 8.97. The van der Waals surface area contributed by atoms with E-state index in [1.54, 1.807) is 29.2 Å². The van der Waals surface area contributed by atoms with E-state index in [-0.39, 0.29) is 35.9 Å². The van der Waals surface area contributed by atoms with Gasteiger partial charge >= 0.3 is 0 Å². The number of likely N-dealkylation sites (tertiary alicyclic amines) is 1. The van der Waals surface area contributed by atoms with Gasteiger partial charge in [-0.25, -0.2) is 8.42 Å². The van der Waals surface area contributed by atoms with Crippen LogP contribution >= 0.6 is 12.4 Å². The highest BCUT2D eigenvalue weighted by Crippen LogP contribution is 2.26. The molecule has 1 unspecified atom stereocenters. The zero-order valence-corrected chi connectivity index (χ0v) is 17.3. The van der Waals surface area contributed by atoms with Gasteiger partial charge in [-0.2, -0.15) is 0 Å². The van der Waals surface area contributed by atoms with Crippen molar-refractivity contribution in [2.75, 3.05) is 42.8 Å². The van der Waals surface area contributed by atoms with Gasteiger partial charge in [0.15, 0.2) is 0 Å². The molecule has 1 aromatic rings. The summed E-state index contributed by atoms with van der Waals surface area (Å²) in [4.78, 5) is 26.8. The lowest BCUT2D eigenvalue weighted by Crippen LogP contribution is -2.46. The predicted octanol–water partition coefficient (Wildman–Crippen LogP) is 0.575. The van der Waals surface area contributed by atoms with Crippen LogP contribution in [0.4, 0.5) is 5.69 Å². The van der Waals surface area contributed by atoms with Crippen LogP contribution < -0.4 is 15.4 Å². The summed E-state index contributed by atoms with van der Waals surface area (Å²) in [6.07, 6.45) is 2.09. The fourth-order valence-corrected chi connectivity index (χ4v) is 5.18. The van der Waals surface area contributed by atoms with Crippen molar-refractivity contribution >= 4 is 39.9 Å². The lowest BCUT2D eigenvalue weighted by atomic mass is 9.96. The molecule has 0 bridgehead atoms. The molecule has 0 aromatic heterocycles. The number of halogens is 1. The van der Waals surface area contributed by atoms with Crippen LogP contribution in [-0.4, -0.2) is 63.6 Å². The Morgan fingerprint density at radius 2 is 2.00 bits per heavy atom. The maximum atomic E-state index is 12.9. The fraction of sp³-hybridized carbons (Fsp3) is 0.556. The molecule has 0 aliphatic carbocycles. The molecule has 1 aromatic carbocycles. The van der Waals surface area contributed by atoms with Crippen LogP contribution in [0.1, 0.15) is 29.6 Å². The highest BCUT2D eigenvalue weighted by molar-refractivity contribution is 7.93. The van der Waals surface area contributed by atoms with Crippen molar-refractivity contribution in [2.45, 2.75) is 19.3 Å². The van der Waals surface area contributed by atoms with Crippen molar-refractivity contribution < 1.29 is 18.0 Å². The number of rotatable bonds is 5. The van der Waals surface area contributed by atoms with Crippen molar-refractivity contribution in [3.63, 3.8) is 0 Å². The van der Waals surface area contributed by atoms with Gasteiger partial charge in [0.2, 0.25) is 15.9 Å². The van der Waals surface area contributed by atoms with Gasteiger partial charge in [-0.3, -0.25) is 13.9 Å². The van der Waals surface area contributed by atoms with E-state index >= 15 is 0 Å². The average molecular weight is 431 g/mol. The Hall–Kier alpha value is -1.84. The molecule has 2 fully saturated rings. The first-order valence-electron chi connectivity index (χ1n) is 9.30. The van der Waals surface area contributed by atoms with Crippen LogP contribution in [0, 0.1) is 5.92 Å². The summed E-state index contributed by atoms with van der Waals surface area (Å²) in [5.41, 5.74) is 6.38. The van der Waals surface area contributed by atoms with Gasteiger partial charge < -0.3 is 16.0 Å². The summed E-state index contributed by atoms with van der Waals surface area (Å²) in [6.45, 7) is 2.20. The molecular weight excluding hydrogens is 404 g/mol. The number of nitrogens with one attached hydrogen (secondary N) is 1. The van der Waals surface area contributed by atoms with E-state index in [9.17, 15) is 18.0 Å². The van der Waals surface area contributed by atoms with E-state index in [1.165, 1.54) is 4.31 Å². The van der Waals surface area contributed by atoms with E-state index in [1.807, 2.05) is 0 Å². The van der Waals surface area contributed by atoms with E-state index < -0.39 is 10.0 Å². The van der Waals surface area contributed by atoms with Crippen molar-refractivity contribution in [1.82, 2.24) is 10.2 Å². The number of nitrogens with zero attached hydrogens (tertiary/aromatic N) is 2.